The van der Waals surface area contributed by atoms with Crippen LogP contribution < -0.4 is 5.32 Å². The molecular weight excluding hydrogens is 429 g/mol. The molecule has 1 aromatic heterocycles. The average molecular weight is 448 g/mol. The summed E-state index contributed by atoms with van der Waals surface area (Å²) in [5.74, 6) is -1.35. The summed E-state index contributed by atoms with van der Waals surface area (Å²) in [5, 5.41) is 12.3. The van der Waals surface area contributed by atoms with E-state index in [1.165, 1.54) is 23.5 Å². The second-order valence-electron chi connectivity index (χ2n) is 6.88. The number of rotatable bonds is 5. The van der Waals surface area contributed by atoms with E-state index in [-0.39, 0.29) is 17.7 Å². The van der Waals surface area contributed by atoms with Gasteiger partial charge in [-0.3, -0.25) is 4.79 Å². The Labute approximate surface area is 181 Å². The maximum absolute atomic E-state index is 12.9. The Morgan fingerprint density at radius 2 is 2.03 bits per heavy atom. The monoisotopic (exact) mass is 448 g/mol. The lowest BCUT2D eigenvalue weighted by Gasteiger charge is -2.12. The first-order chi connectivity index (χ1) is 14.7. The van der Waals surface area contributed by atoms with Crippen molar-refractivity contribution in [3.63, 3.8) is 0 Å². The summed E-state index contributed by atoms with van der Waals surface area (Å²) in [4.78, 5) is 26.2. The van der Waals surface area contributed by atoms with Gasteiger partial charge in [0.25, 0.3) is 5.91 Å². The summed E-state index contributed by atoms with van der Waals surface area (Å²) in [6.45, 7) is 1.86. The molecule has 2 aromatic rings. The summed E-state index contributed by atoms with van der Waals surface area (Å²) in [5.41, 5.74) is -0.0378. The molecule has 0 atom stereocenters. The molecule has 0 aliphatic heterocycles. The van der Waals surface area contributed by atoms with E-state index in [0.717, 1.165) is 47.9 Å². The minimum absolute atomic E-state index is 0.0672. The molecule has 0 saturated heterocycles. The normalized spacial score (nSPS) is 13.8. The number of thiophene rings is 1. The van der Waals surface area contributed by atoms with E-state index in [1.807, 2.05) is 0 Å². The molecule has 0 fully saturated rings. The maximum Gasteiger partial charge on any atom is 0.416 e. The van der Waals surface area contributed by atoms with Gasteiger partial charge in [0.1, 0.15) is 16.6 Å². The fourth-order valence-electron chi connectivity index (χ4n) is 3.36. The van der Waals surface area contributed by atoms with E-state index in [4.69, 9.17) is 4.74 Å². The highest BCUT2D eigenvalue weighted by Crippen LogP contribution is 2.39. The van der Waals surface area contributed by atoms with Crippen LogP contribution in [0, 0.1) is 11.3 Å². The smallest absolute Gasteiger partial charge is 0.416 e. The summed E-state index contributed by atoms with van der Waals surface area (Å²) in [7, 11) is 0. The third-order valence-corrected chi connectivity index (χ3v) is 5.98. The van der Waals surface area contributed by atoms with Crippen molar-refractivity contribution in [1.82, 2.24) is 0 Å². The molecule has 0 saturated carbocycles. The number of anilines is 1. The van der Waals surface area contributed by atoms with E-state index >= 15 is 0 Å². The first-order valence-electron chi connectivity index (χ1n) is 9.66. The zero-order chi connectivity index (χ0) is 22.6. The Bertz CT molecular complexity index is 1080. The van der Waals surface area contributed by atoms with Gasteiger partial charge in [0.15, 0.2) is 0 Å². The lowest BCUT2D eigenvalue weighted by Crippen LogP contribution is -2.16. The third-order valence-electron chi connectivity index (χ3n) is 4.77. The third kappa shape index (κ3) is 5.14. The predicted molar refractivity (Wildman–Crippen MR) is 111 cm³/mol. The molecule has 9 heteroatoms. The Morgan fingerprint density at radius 1 is 1.29 bits per heavy atom. The van der Waals surface area contributed by atoms with Crippen LogP contribution in [0.1, 0.15) is 51.7 Å². The number of ether oxygens (including phenoxy) is 1. The van der Waals surface area contributed by atoms with Crippen molar-refractivity contribution in [2.75, 3.05) is 11.9 Å². The number of hydrogen-bond acceptors (Lipinski definition) is 5. The van der Waals surface area contributed by atoms with E-state index in [9.17, 15) is 28.0 Å². The van der Waals surface area contributed by atoms with Crippen molar-refractivity contribution in [2.24, 2.45) is 0 Å². The summed E-state index contributed by atoms with van der Waals surface area (Å²) >= 11 is 1.27. The number of alkyl halides is 3. The van der Waals surface area contributed by atoms with Crippen molar-refractivity contribution >= 4 is 34.3 Å². The van der Waals surface area contributed by atoms with Crippen molar-refractivity contribution in [2.45, 2.75) is 38.8 Å². The fraction of sp³-hybridized carbons (Fsp3) is 0.318. The van der Waals surface area contributed by atoms with Crippen molar-refractivity contribution in [3.8, 4) is 6.07 Å². The van der Waals surface area contributed by atoms with Gasteiger partial charge in [0.2, 0.25) is 0 Å². The minimum atomic E-state index is -4.54. The molecule has 5 nitrogen and oxygen atoms in total. The number of hydrogen-bond donors (Lipinski definition) is 1. The standard InChI is InChI=1S/C22H19F3N2O3S/c1-2-30-21(29)18-16-8-3-4-9-17(16)31-20(18)27-19(28)14(12-26)10-13-6-5-7-15(11-13)22(23,24)25/h5-7,10-11H,2-4,8-9H2,1H3,(H,27,28)/b14-10-. The maximum atomic E-state index is 12.9. The number of carbonyl (C=O) groups excluding carboxylic acids is 2. The highest BCUT2D eigenvalue weighted by atomic mass is 32.1. The van der Waals surface area contributed by atoms with Crippen LogP contribution in [0.4, 0.5) is 18.2 Å². The molecule has 1 aromatic carbocycles. The van der Waals surface area contributed by atoms with Crippen LogP contribution in [-0.2, 0) is 28.5 Å². The molecule has 31 heavy (non-hydrogen) atoms. The van der Waals surface area contributed by atoms with Crippen LogP contribution in [0.15, 0.2) is 29.8 Å². The van der Waals surface area contributed by atoms with E-state index in [2.05, 4.69) is 5.32 Å². The number of fused-ring (bicyclic) bond motifs is 1. The van der Waals surface area contributed by atoms with Crippen LogP contribution in [0.25, 0.3) is 6.08 Å². The number of aryl methyl sites for hydroxylation is 1. The molecule has 0 spiro atoms. The van der Waals surface area contributed by atoms with Gasteiger partial charge in [-0.1, -0.05) is 12.1 Å². The van der Waals surface area contributed by atoms with Gasteiger partial charge in [-0.05, 0) is 61.9 Å². The predicted octanol–water partition coefficient (Wildman–Crippen LogP) is 5.37. The molecular formula is C22H19F3N2O3S. The van der Waals surface area contributed by atoms with Gasteiger partial charge in [0.05, 0.1) is 17.7 Å². The fourth-order valence-corrected chi connectivity index (χ4v) is 4.64. The molecule has 162 valence electrons. The number of benzene rings is 1. The van der Waals surface area contributed by atoms with Gasteiger partial charge in [-0.2, -0.15) is 18.4 Å². The Kier molecular flexibility index (Phi) is 6.81. The molecule has 1 aliphatic carbocycles. The van der Waals surface area contributed by atoms with E-state index in [0.29, 0.717) is 17.0 Å². The van der Waals surface area contributed by atoms with Crippen molar-refractivity contribution in [3.05, 3.63) is 57.0 Å². The van der Waals surface area contributed by atoms with E-state index < -0.39 is 23.6 Å². The van der Waals surface area contributed by atoms with Gasteiger partial charge in [0, 0.05) is 4.88 Å². The first kappa shape index (κ1) is 22.6. The topological polar surface area (TPSA) is 79.2 Å². The number of esters is 1. The van der Waals surface area contributed by atoms with Crippen molar-refractivity contribution < 1.29 is 27.5 Å². The second kappa shape index (κ2) is 9.35. The second-order valence-corrected chi connectivity index (χ2v) is 7.99. The van der Waals surface area contributed by atoms with Crippen LogP contribution in [0.5, 0.6) is 0 Å². The number of nitriles is 1. The van der Waals surface area contributed by atoms with Crippen LogP contribution >= 0.6 is 11.3 Å². The van der Waals surface area contributed by atoms with Crippen LogP contribution in [-0.4, -0.2) is 18.5 Å². The summed E-state index contributed by atoms with van der Waals surface area (Å²) < 4.78 is 43.9. The number of nitrogens with one attached hydrogen (secondary N) is 1. The molecule has 1 aliphatic rings. The zero-order valence-corrected chi connectivity index (χ0v) is 17.5. The molecule has 1 amide bonds. The first-order valence-corrected chi connectivity index (χ1v) is 10.5. The zero-order valence-electron chi connectivity index (χ0n) is 16.6. The Morgan fingerprint density at radius 3 is 2.71 bits per heavy atom. The molecule has 1 heterocycles. The molecule has 0 bridgehead atoms. The molecule has 3 rings (SSSR count). The van der Waals surface area contributed by atoms with Crippen LogP contribution in [0.2, 0.25) is 0 Å². The molecule has 1 N–H and O–H groups in total. The number of halogens is 3. The van der Waals surface area contributed by atoms with E-state index in [1.54, 1.807) is 13.0 Å². The van der Waals surface area contributed by atoms with Gasteiger partial charge < -0.3 is 10.1 Å². The SMILES string of the molecule is CCOC(=O)c1c(NC(=O)/C(C#N)=C\c2cccc(C(F)(F)F)c2)sc2c1CCCC2. The highest BCUT2D eigenvalue weighted by Gasteiger charge is 2.30. The lowest BCUT2D eigenvalue weighted by molar-refractivity contribution is -0.137. The lowest BCUT2D eigenvalue weighted by atomic mass is 9.95. The average Bonchev–Trinajstić information content (AvgIpc) is 3.09. The Hall–Kier alpha value is -3.12. The quantitative estimate of drug-likeness (QED) is 0.379. The largest absolute Gasteiger partial charge is 0.462 e. The van der Waals surface area contributed by atoms with Gasteiger partial charge >= 0.3 is 12.1 Å². The molecule has 0 radical (unpaired) electrons. The van der Waals surface area contributed by atoms with Crippen LogP contribution in [0.3, 0.4) is 0 Å². The number of carbonyl (C=O) groups is 2. The minimum Gasteiger partial charge on any atom is -0.462 e. The van der Waals surface area contributed by atoms with Gasteiger partial charge in [-0.15, -0.1) is 11.3 Å². The molecule has 0 unspecified atom stereocenters. The number of nitrogens with zero attached hydrogens (tertiary/aromatic N) is 1. The van der Waals surface area contributed by atoms with Crippen molar-refractivity contribution in [1.29, 1.82) is 5.26 Å². The van der Waals surface area contributed by atoms with Gasteiger partial charge in [-0.25, -0.2) is 4.79 Å². The highest BCUT2D eigenvalue weighted by molar-refractivity contribution is 7.17. The summed E-state index contributed by atoms with van der Waals surface area (Å²) in [6.07, 6.45) is -0.0788. The number of amides is 1. The summed E-state index contributed by atoms with van der Waals surface area (Å²) in [6, 6.07) is 6.06. The Balaban J connectivity index is 1.91.